The minimum absolute atomic E-state index is 0.0781. The van der Waals surface area contributed by atoms with Gasteiger partial charge in [-0.25, -0.2) is 4.79 Å². The fourth-order valence-corrected chi connectivity index (χ4v) is 1.69. The molecule has 0 atom stereocenters. The van der Waals surface area contributed by atoms with Crippen LogP contribution in [0.2, 0.25) is 0 Å². The van der Waals surface area contributed by atoms with Crippen molar-refractivity contribution in [2.45, 2.75) is 39.5 Å². The third-order valence-electron chi connectivity index (χ3n) is 2.63. The van der Waals surface area contributed by atoms with Crippen LogP contribution < -0.4 is 0 Å². The second-order valence-electron chi connectivity index (χ2n) is 4.64. The third kappa shape index (κ3) is 4.59. The standard InChI is InChI=1S/C12H16F3NO3/c1-7(2)16(6-12(13,14)15)5-9-4-8(3)10(19-9)11(17)18/h4,7H,5-6H2,1-3H3,(H,17,18). The normalized spacial score (nSPS) is 12.4. The van der Waals surface area contributed by atoms with E-state index in [9.17, 15) is 18.0 Å². The summed E-state index contributed by atoms with van der Waals surface area (Å²) >= 11 is 0. The molecule has 0 unspecified atom stereocenters. The molecule has 4 nitrogen and oxygen atoms in total. The summed E-state index contributed by atoms with van der Waals surface area (Å²) in [6.07, 6.45) is -4.30. The monoisotopic (exact) mass is 279 g/mol. The summed E-state index contributed by atoms with van der Waals surface area (Å²) in [6, 6.07) is 1.12. The van der Waals surface area contributed by atoms with E-state index >= 15 is 0 Å². The molecule has 0 bridgehead atoms. The Bertz CT molecular complexity index is 452. The van der Waals surface area contributed by atoms with Gasteiger partial charge in [0.05, 0.1) is 13.1 Å². The van der Waals surface area contributed by atoms with Gasteiger partial charge in [-0.3, -0.25) is 4.90 Å². The molecule has 0 saturated carbocycles. The van der Waals surface area contributed by atoms with Crippen LogP contribution in [-0.2, 0) is 6.54 Å². The van der Waals surface area contributed by atoms with Gasteiger partial charge in [-0.2, -0.15) is 13.2 Å². The number of nitrogens with zero attached hydrogens (tertiary/aromatic N) is 1. The molecule has 7 heteroatoms. The maximum absolute atomic E-state index is 12.4. The quantitative estimate of drug-likeness (QED) is 0.900. The van der Waals surface area contributed by atoms with Crippen molar-refractivity contribution in [3.05, 3.63) is 23.2 Å². The summed E-state index contributed by atoms with van der Waals surface area (Å²) in [7, 11) is 0. The minimum Gasteiger partial charge on any atom is -0.475 e. The van der Waals surface area contributed by atoms with Gasteiger partial charge < -0.3 is 9.52 Å². The predicted octanol–water partition coefficient (Wildman–Crippen LogP) is 3.06. The van der Waals surface area contributed by atoms with Crippen LogP contribution in [0.25, 0.3) is 0 Å². The highest BCUT2D eigenvalue weighted by molar-refractivity contribution is 5.86. The highest BCUT2D eigenvalue weighted by Gasteiger charge is 2.32. The van der Waals surface area contributed by atoms with Gasteiger partial charge in [0.15, 0.2) is 0 Å². The van der Waals surface area contributed by atoms with Gasteiger partial charge in [-0.05, 0) is 26.8 Å². The van der Waals surface area contributed by atoms with Gasteiger partial charge in [-0.1, -0.05) is 0 Å². The van der Waals surface area contributed by atoms with Crippen LogP contribution in [0.5, 0.6) is 0 Å². The van der Waals surface area contributed by atoms with E-state index in [1.54, 1.807) is 20.8 Å². The molecule has 0 aliphatic heterocycles. The number of carbonyl (C=O) groups is 1. The molecule has 0 fully saturated rings. The Labute approximate surface area is 108 Å². The van der Waals surface area contributed by atoms with Crippen molar-refractivity contribution in [3.63, 3.8) is 0 Å². The highest BCUT2D eigenvalue weighted by Crippen LogP contribution is 2.22. The summed E-state index contributed by atoms with van der Waals surface area (Å²) in [4.78, 5) is 12.0. The van der Waals surface area contributed by atoms with E-state index in [1.165, 1.54) is 11.0 Å². The number of hydrogen-bond acceptors (Lipinski definition) is 3. The van der Waals surface area contributed by atoms with Gasteiger partial charge in [0.1, 0.15) is 5.76 Å². The first-order chi connectivity index (χ1) is 8.60. The predicted molar refractivity (Wildman–Crippen MR) is 62.0 cm³/mol. The number of aromatic carboxylic acids is 1. The maximum atomic E-state index is 12.4. The molecule has 0 saturated heterocycles. The molecule has 0 aliphatic carbocycles. The van der Waals surface area contributed by atoms with Gasteiger partial charge in [0, 0.05) is 11.6 Å². The lowest BCUT2D eigenvalue weighted by Crippen LogP contribution is -2.38. The van der Waals surface area contributed by atoms with Crippen LogP contribution in [0.1, 0.15) is 35.7 Å². The summed E-state index contributed by atoms with van der Waals surface area (Å²) in [5, 5.41) is 8.82. The first-order valence-corrected chi connectivity index (χ1v) is 5.73. The number of carboxylic acids is 1. The maximum Gasteiger partial charge on any atom is 0.401 e. The Morgan fingerprint density at radius 2 is 2.05 bits per heavy atom. The van der Waals surface area contributed by atoms with Gasteiger partial charge in [-0.15, -0.1) is 0 Å². The molecule has 0 aliphatic rings. The number of hydrogen-bond donors (Lipinski definition) is 1. The summed E-state index contributed by atoms with van der Waals surface area (Å²) < 4.78 is 42.3. The van der Waals surface area contributed by atoms with Crippen molar-refractivity contribution in [2.75, 3.05) is 6.54 Å². The second kappa shape index (κ2) is 5.64. The molecule has 1 rings (SSSR count). The molecule has 1 aromatic rings. The van der Waals surface area contributed by atoms with Crippen molar-refractivity contribution < 1.29 is 27.5 Å². The molecule has 19 heavy (non-hydrogen) atoms. The lowest BCUT2D eigenvalue weighted by Gasteiger charge is -2.26. The average molecular weight is 279 g/mol. The molecule has 0 spiro atoms. The summed E-state index contributed by atoms with van der Waals surface area (Å²) in [5.74, 6) is -1.24. The fourth-order valence-electron chi connectivity index (χ4n) is 1.69. The Balaban J connectivity index is 2.85. The van der Waals surface area contributed by atoms with E-state index in [2.05, 4.69) is 0 Å². The van der Waals surface area contributed by atoms with E-state index in [0.717, 1.165) is 0 Å². The smallest absolute Gasteiger partial charge is 0.401 e. The Morgan fingerprint density at radius 1 is 1.47 bits per heavy atom. The molecular weight excluding hydrogens is 263 g/mol. The zero-order chi connectivity index (χ0) is 14.8. The number of halogens is 3. The molecule has 0 aromatic carbocycles. The number of rotatable bonds is 5. The van der Waals surface area contributed by atoms with Crippen LogP contribution in [0.4, 0.5) is 13.2 Å². The van der Waals surface area contributed by atoms with Gasteiger partial charge in [0.25, 0.3) is 0 Å². The molecular formula is C12H16F3NO3. The zero-order valence-corrected chi connectivity index (χ0v) is 10.9. The molecule has 1 heterocycles. The van der Waals surface area contributed by atoms with Crippen LogP contribution in [0.3, 0.4) is 0 Å². The van der Waals surface area contributed by atoms with Crippen LogP contribution in [0.15, 0.2) is 10.5 Å². The number of furan rings is 1. The first-order valence-electron chi connectivity index (χ1n) is 5.73. The van der Waals surface area contributed by atoms with Crippen LogP contribution in [-0.4, -0.2) is 34.7 Å². The molecule has 1 N–H and O–H groups in total. The lowest BCUT2D eigenvalue weighted by atomic mass is 10.2. The Hall–Kier alpha value is -1.50. The highest BCUT2D eigenvalue weighted by atomic mass is 19.4. The largest absolute Gasteiger partial charge is 0.475 e. The van der Waals surface area contributed by atoms with E-state index in [-0.39, 0.29) is 24.1 Å². The second-order valence-corrected chi connectivity index (χ2v) is 4.64. The van der Waals surface area contributed by atoms with Gasteiger partial charge in [0.2, 0.25) is 5.76 Å². The number of aryl methyl sites for hydroxylation is 1. The van der Waals surface area contributed by atoms with E-state index < -0.39 is 18.7 Å². The topological polar surface area (TPSA) is 53.7 Å². The lowest BCUT2D eigenvalue weighted by molar-refractivity contribution is -0.151. The summed E-state index contributed by atoms with van der Waals surface area (Å²) in [5.41, 5.74) is 0.401. The van der Waals surface area contributed by atoms with Crippen molar-refractivity contribution in [1.29, 1.82) is 0 Å². The number of carboxylic acid groups (broad SMARTS) is 1. The molecule has 108 valence electrons. The summed E-state index contributed by atoms with van der Waals surface area (Å²) in [6.45, 7) is 3.68. The first kappa shape index (κ1) is 15.6. The van der Waals surface area contributed by atoms with Gasteiger partial charge >= 0.3 is 12.1 Å². The Kier molecular flexibility index (Phi) is 4.62. The average Bonchev–Trinajstić information content (AvgIpc) is 2.56. The number of alkyl halides is 3. The van der Waals surface area contributed by atoms with Crippen molar-refractivity contribution in [3.8, 4) is 0 Å². The zero-order valence-electron chi connectivity index (χ0n) is 10.9. The molecule has 0 radical (unpaired) electrons. The third-order valence-corrected chi connectivity index (χ3v) is 2.63. The Morgan fingerprint density at radius 3 is 2.42 bits per heavy atom. The van der Waals surface area contributed by atoms with E-state index in [4.69, 9.17) is 9.52 Å². The molecule has 1 aromatic heterocycles. The van der Waals surface area contributed by atoms with E-state index in [0.29, 0.717) is 5.56 Å². The fraction of sp³-hybridized carbons (Fsp3) is 0.583. The van der Waals surface area contributed by atoms with Crippen molar-refractivity contribution >= 4 is 5.97 Å². The van der Waals surface area contributed by atoms with E-state index in [1.807, 2.05) is 0 Å². The van der Waals surface area contributed by atoms with Crippen LogP contribution in [0, 0.1) is 6.92 Å². The molecule has 0 amide bonds. The SMILES string of the molecule is Cc1cc(CN(CC(F)(F)F)C(C)C)oc1C(=O)O. The van der Waals surface area contributed by atoms with Crippen molar-refractivity contribution in [2.24, 2.45) is 0 Å². The minimum atomic E-state index is -4.30. The van der Waals surface area contributed by atoms with Crippen LogP contribution >= 0.6 is 0 Å². The van der Waals surface area contributed by atoms with Crippen molar-refractivity contribution in [1.82, 2.24) is 4.90 Å².